The molecule has 30 heavy (non-hydrogen) atoms. The smallest absolute Gasteiger partial charge is 0.258 e. The van der Waals surface area contributed by atoms with E-state index in [1.807, 2.05) is 0 Å². The van der Waals surface area contributed by atoms with Crippen molar-refractivity contribution in [2.75, 3.05) is 0 Å². The van der Waals surface area contributed by atoms with Gasteiger partial charge in [0.1, 0.15) is 11.6 Å². The van der Waals surface area contributed by atoms with Crippen molar-refractivity contribution in [3.05, 3.63) is 69.7 Å². The second-order valence-corrected chi connectivity index (χ2v) is 7.89. The van der Waals surface area contributed by atoms with Gasteiger partial charge in [0, 0.05) is 11.6 Å². The number of nitrogens with zero attached hydrogens (tertiary/aromatic N) is 1. The van der Waals surface area contributed by atoms with Crippen molar-refractivity contribution in [3.8, 4) is 0 Å². The van der Waals surface area contributed by atoms with Crippen LogP contribution in [0, 0.1) is 18.6 Å². The molecule has 5 nitrogen and oxygen atoms in total. The number of hydrogen-bond donors (Lipinski definition) is 3. The maximum absolute atomic E-state index is 13.8. The van der Waals surface area contributed by atoms with Crippen LogP contribution in [0.4, 0.5) is 8.78 Å². The Morgan fingerprint density at radius 2 is 1.87 bits per heavy atom. The van der Waals surface area contributed by atoms with Gasteiger partial charge in [-0.2, -0.15) is 0 Å². The van der Waals surface area contributed by atoms with Crippen molar-refractivity contribution in [1.82, 2.24) is 10.6 Å². The standard InChI is InChI=1S/C22H24ClF2N3O2/c1-13-2-4-15(11-20(13)25)21(30)28-22(27-16-5-7-17(29)8-6-16)26-12-14-3-9-19(24)18(23)10-14/h2-4,9-11,16-17,29H,5-8,12H2,1H3,(H2,26,27,28,30). The van der Waals surface area contributed by atoms with Crippen molar-refractivity contribution in [1.29, 1.82) is 0 Å². The van der Waals surface area contributed by atoms with Crippen molar-refractivity contribution < 1.29 is 18.7 Å². The minimum Gasteiger partial charge on any atom is -0.393 e. The second kappa shape index (κ2) is 10.00. The molecule has 0 radical (unpaired) electrons. The lowest BCUT2D eigenvalue weighted by Crippen LogP contribution is -2.47. The average molecular weight is 436 g/mol. The molecule has 1 fully saturated rings. The summed E-state index contributed by atoms with van der Waals surface area (Å²) in [7, 11) is 0. The molecule has 0 atom stereocenters. The highest BCUT2D eigenvalue weighted by Gasteiger charge is 2.21. The van der Waals surface area contributed by atoms with E-state index in [4.69, 9.17) is 11.6 Å². The number of rotatable bonds is 4. The Labute approximate surface area is 179 Å². The fourth-order valence-electron chi connectivity index (χ4n) is 3.26. The molecule has 1 saturated carbocycles. The lowest BCUT2D eigenvalue weighted by Gasteiger charge is -2.27. The highest BCUT2D eigenvalue weighted by Crippen LogP contribution is 2.19. The largest absolute Gasteiger partial charge is 0.393 e. The summed E-state index contributed by atoms with van der Waals surface area (Å²) in [5.41, 5.74) is 1.31. The molecule has 8 heteroatoms. The number of aryl methyl sites for hydroxylation is 1. The summed E-state index contributed by atoms with van der Waals surface area (Å²) in [6.45, 7) is 1.79. The van der Waals surface area contributed by atoms with Gasteiger partial charge in [-0.1, -0.05) is 23.7 Å². The number of halogens is 3. The van der Waals surface area contributed by atoms with E-state index in [0.717, 1.165) is 12.8 Å². The number of carbonyl (C=O) groups excluding carboxylic acids is 1. The van der Waals surface area contributed by atoms with Gasteiger partial charge in [-0.3, -0.25) is 10.1 Å². The van der Waals surface area contributed by atoms with Crippen molar-refractivity contribution >= 4 is 23.5 Å². The van der Waals surface area contributed by atoms with E-state index in [1.54, 1.807) is 19.1 Å². The predicted molar refractivity (Wildman–Crippen MR) is 113 cm³/mol. The first kappa shape index (κ1) is 22.2. The van der Waals surface area contributed by atoms with Gasteiger partial charge in [0.15, 0.2) is 5.96 Å². The molecule has 1 amide bonds. The number of benzene rings is 2. The minimum atomic E-state index is -0.516. The quantitative estimate of drug-likeness (QED) is 0.500. The van der Waals surface area contributed by atoms with Crippen LogP contribution in [0.2, 0.25) is 5.02 Å². The topological polar surface area (TPSA) is 73.7 Å². The maximum atomic E-state index is 13.8. The fourth-order valence-corrected chi connectivity index (χ4v) is 3.46. The van der Waals surface area contributed by atoms with Gasteiger partial charge in [0.25, 0.3) is 5.91 Å². The average Bonchev–Trinajstić information content (AvgIpc) is 2.72. The van der Waals surface area contributed by atoms with Gasteiger partial charge in [-0.25, -0.2) is 13.8 Å². The second-order valence-electron chi connectivity index (χ2n) is 7.48. The van der Waals surface area contributed by atoms with E-state index in [2.05, 4.69) is 15.6 Å². The summed E-state index contributed by atoms with van der Waals surface area (Å²) >= 11 is 5.82. The molecule has 0 unspecified atom stereocenters. The van der Waals surface area contributed by atoms with E-state index in [-0.39, 0.29) is 35.2 Å². The van der Waals surface area contributed by atoms with Gasteiger partial charge in [-0.05, 0) is 68.0 Å². The molecule has 1 aliphatic carbocycles. The van der Waals surface area contributed by atoms with Crippen LogP contribution in [0.3, 0.4) is 0 Å². The van der Waals surface area contributed by atoms with Crippen molar-refractivity contribution in [2.45, 2.75) is 51.3 Å². The summed E-state index contributed by atoms with van der Waals surface area (Å²) < 4.78 is 27.2. The summed E-state index contributed by atoms with van der Waals surface area (Å²) in [6.07, 6.45) is 2.48. The third-order valence-corrected chi connectivity index (χ3v) is 5.40. The number of aliphatic hydroxyl groups excluding tert-OH is 1. The SMILES string of the molecule is Cc1ccc(C(=O)NC(=NCc2ccc(F)c(Cl)c2)NC2CCC(O)CC2)cc1F. The highest BCUT2D eigenvalue weighted by atomic mass is 35.5. The molecule has 160 valence electrons. The minimum absolute atomic E-state index is 0.00218. The number of guanidine groups is 1. The van der Waals surface area contributed by atoms with Crippen LogP contribution >= 0.6 is 11.6 Å². The maximum Gasteiger partial charge on any atom is 0.258 e. The van der Waals surface area contributed by atoms with Gasteiger partial charge >= 0.3 is 0 Å². The molecule has 3 rings (SSSR count). The van der Waals surface area contributed by atoms with Crippen LogP contribution in [-0.4, -0.2) is 29.1 Å². The Balaban J connectivity index is 1.76. The first-order valence-electron chi connectivity index (χ1n) is 9.82. The van der Waals surface area contributed by atoms with Crippen LogP contribution in [-0.2, 0) is 6.54 Å². The molecule has 0 bridgehead atoms. The first-order chi connectivity index (χ1) is 14.3. The summed E-state index contributed by atoms with van der Waals surface area (Å²) in [6, 6.07) is 8.61. The van der Waals surface area contributed by atoms with Crippen LogP contribution in [0.25, 0.3) is 0 Å². The van der Waals surface area contributed by atoms with E-state index in [1.165, 1.54) is 24.3 Å². The Bertz CT molecular complexity index is 944. The Morgan fingerprint density at radius 1 is 1.13 bits per heavy atom. The lowest BCUT2D eigenvalue weighted by molar-refractivity contribution is 0.0972. The molecule has 0 aliphatic heterocycles. The number of carbonyl (C=O) groups is 1. The van der Waals surface area contributed by atoms with Crippen molar-refractivity contribution in [2.24, 2.45) is 4.99 Å². The normalized spacial score (nSPS) is 19.4. The number of aliphatic imine (C=N–C) groups is 1. The van der Waals surface area contributed by atoms with Gasteiger partial charge in [-0.15, -0.1) is 0 Å². The van der Waals surface area contributed by atoms with E-state index in [9.17, 15) is 18.7 Å². The van der Waals surface area contributed by atoms with Crippen LogP contribution in [0.15, 0.2) is 41.4 Å². The molecule has 2 aromatic rings. The molecule has 2 aromatic carbocycles. The molecular weight excluding hydrogens is 412 g/mol. The number of aliphatic hydroxyl groups is 1. The van der Waals surface area contributed by atoms with E-state index >= 15 is 0 Å². The summed E-state index contributed by atoms with van der Waals surface area (Å²) in [4.78, 5) is 17.0. The van der Waals surface area contributed by atoms with E-state index in [0.29, 0.717) is 24.0 Å². The van der Waals surface area contributed by atoms with Gasteiger partial charge in [0.05, 0.1) is 17.7 Å². The Hall–Kier alpha value is -2.51. The number of hydrogen-bond acceptors (Lipinski definition) is 3. The van der Waals surface area contributed by atoms with E-state index < -0.39 is 17.5 Å². The zero-order chi connectivity index (χ0) is 21.7. The fraction of sp³-hybridized carbons (Fsp3) is 0.364. The summed E-state index contributed by atoms with van der Waals surface area (Å²) in [5.74, 6) is -1.23. The zero-order valence-corrected chi connectivity index (χ0v) is 17.3. The van der Waals surface area contributed by atoms with Gasteiger partial charge < -0.3 is 10.4 Å². The molecule has 0 saturated heterocycles. The Morgan fingerprint density at radius 3 is 2.53 bits per heavy atom. The number of nitrogens with one attached hydrogen (secondary N) is 2. The summed E-state index contributed by atoms with van der Waals surface area (Å²) in [5, 5.41) is 15.6. The monoisotopic (exact) mass is 435 g/mol. The van der Waals surface area contributed by atoms with Crippen LogP contribution < -0.4 is 10.6 Å². The Kier molecular flexibility index (Phi) is 7.39. The zero-order valence-electron chi connectivity index (χ0n) is 16.6. The predicted octanol–water partition coefficient (Wildman–Crippen LogP) is 4.11. The molecular formula is C22H24ClF2N3O2. The molecule has 1 aliphatic rings. The molecule has 3 N–H and O–H groups in total. The third kappa shape index (κ3) is 6.00. The molecule has 0 spiro atoms. The first-order valence-corrected chi connectivity index (χ1v) is 10.2. The molecule has 0 heterocycles. The highest BCUT2D eigenvalue weighted by molar-refractivity contribution is 6.30. The van der Waals surface area contributed by atoms with Crippen molar-refractivity contribution in [3.63, 3.8) is 0 Å². The van der Waals surface area contributed by atoms with Crippen LogP contribution in [0.1, 0.15) is 47.2 Å². The molecule has 0 aromatic heterocycles. The van der Waals surface area contributed by atoms with Gasteiger partial charge in [0.2, 0.25) is 0 Å². The van der Waals surface area contributed by atoms with Crippen LogP contribution in [0.5, 0.6) is 0 Å². The lowest BCUT2D eigenvalue weighted by atomic mass is 9.93. The number of amides is 1. The third-order valence-electron chi connectivity index (χ3n) is 5.11.